The van der Waals surface area contributed by atoms with Crippen LogP contribution in [0.15, 0.2) is 94.9 Å². The van der Waals surface area contributed by atoms with E-state index >= 15 is 0 Å². The second kappa shape index (κ2) is 7.25. The summed E-state index contributed by atoms with van der Waals surface area (Å²) in [4.78, 5) is 32.2. The zero-order chi connectivity index (χ0) is 21.5. The molecule has 2 aromatic heterocycles. The van der Waals surface area contributed by atoms with Gasteiger partial charge in [-0.15, -0.1) is 0 Å². The van der Waals surface area contributed by atoms with Crippen molar-refractivity contribution in [3.63, 3.8) is 0 Å². The van der Waals surface area contributed by atoms with Crippen LogP contribution < -0.4 is 4.90 Å². The molecule has 1 unspecified atom stereocenters. The summed E-state index contributed by atoms with van der Waals surface area (Å²) in [5, 5.41) is 11.6. The van der Waals surface area contributed by atoms with E-state index in [1.54, 1.807) is 42.7 Å². The molecule has 4 aromatic rings. The Labute approximate surface area is 178 Å². The third kappa shape index (κ3) is 3.09. The maximum atomic E-state index is 13.5. The Hall–Kier alpha value is -4.19. The quantitative estimate of drug-likeness (QED) is 0.483. The highest BCUT2D eigenvalue weighted by atomic mass is 16.3. The van der Waals surface area contributed by atoms with Crippen molar-refractivity contribution in [1.29, 1.82) is 0 Å². The smallest absolute Gasteiger partial charge is 0.294 e. The molecule has 0 saturated heterocycles. The summed E-state index contributed by atoms with van der Waals surface area (Å²) >= 11 is 0. The Morgan fingerprint density at radius 2 is 1.90 bits per heavy atom. The van der Waals surface area contributed by atoms with Crippen molar-refractivity contribution < 1.29 is 19.1 Å². The van der Waals surface area contributed by atoms with E-state index in [9.17, 15) is 14.7 Å². The van der Waals surface area contributed by atoms with Crippen LogP contribution in [0.5, 0.6) is 0 Å². The standard InChI is InChI=1S/C25H18N2O4/c1-15-6-4-9-18(12-15)27-22(17-8-5-11-26-14-17)21(24(29)25(27)30)23(28)20-13-16-7-2-3-10-19(16)31-20/h2-14,22,29H,1H3. The Morgan fingerprint density at radius 1 is 1.06 bits per heavy atom. The average Bonchev–Trinajstić information content (AvgIpc) is 3.33. The number of carbonyl (C=O) groups excluding carboxylic acids is 2. The summed E-state index contributed by atoms with van der Waals surface area (Å²) in [7, 11) is 0. The molecule has 1 aliphatic rings. The highest BCUT2D eigenvalue weighted by Gasteiger charge is 2.45. The molecule has 6 heteroatoms. The number of carbonyl (C=O) groups is 2. The van der Waals surface area contributed by atoms with Gasteiger partial charge in [-0.05, 0) is 48.4 Å². The number of aryl methyl sites for hydroxylation is 1. The van der Waals surface area contributed by atoms with E-state index in [1.165, 1.54) is 4.90 Å². The van der Waals surface area contributed by atoms with Crippen LogP contribution in [-0.4, -0.2) is 21.8 Å². The molecule has 0 saturated carbocycles. The zero-order valence-electron chi connectivity index (χ0n) is 16.6. The first kappa shape index (κ1) is 18.8. The van der Waals surface area contributed by atoms with Gasteiger partial charge in [-0.2, -0.15) is 0 Å². The molecule has 1 aliphatic heterocycles. The van der Waals surface area contributed by atoms with E-state index < -0.39 is 23.5 Å². The lowest BCUT2D eigenvalue weighted by atomic mass is 9.95. The maximum Gasteiger partial charge on any atom is 0.294 e. The molecule has 0 spiro atoms. The van der Waals surface area contributed by atoms with E-state index in [4.69, 9.17) is 4.42 Å². The van der Waals surface area contributed by atoms with Crippen molar-refractivity contribution in [1.82, 2.24) is 4.98 Å². The van der Waals surface area contributed by atoms with Gasteiger partial charge in [0.05, 0.1) is 11.6 Å². The predicted molar refractivity (Wildman–Crippen MR) is 116 cm³/mol. The van der Waals surface area contributed by atoms with E-state index in [0.717, 1.165) is 10.9 Å². The number of amides is 1. The van der Waals surface area contributed by atoms with Gasteiger partial charge < -0.3 is 9.52 Å². The molecular formula is C25H18N2O4. The lowest BCUT2D eigenvalue weighted by molar-refractivity contribution is -0.117. The van der Waals surface area contributed by atoms with Gasteiger partial charge in [0.15, 0.2) is 11.5 Å². The first-order valence-corrected chi connectivity index (χ1v) is 9.81. The Balaban J connectivity index is 1.67. The third-order valence-electron chi connectivity index (χ3n) is 5.38. The second-order valence-corrected chi connectivity index (χ2v) is 7.44. The fourth-order valence-electron chi connectivity index (χ4n) is 3.96. The maximum absolute atomic E-state index is 13.5. The molecule has 0 fully saturated rings. The van der Waals surface area contributed by atoms with E-state index in [-0.39, 0.29) is 11.3 Å². The molecule has 6 nitrogen and oxygen atoms in total. The fraction of sp³-hybridized carbons (Fsp3) is 0.0800. The molecular weight excluding hydrogens is 392 g/mol. The number of furan rings is 1. The van der Waals surface area contributed by atoms with Crippen LogP contribution >= 0.6 is 0 Å². The van der Waals surface area contributed by atoms with Crippen molar-refractivity contribution in [2.45, 2.75) is 13.0 Å². The van der Waals surface area contributed by atoms with Gasteiger partial charge in [-0.3, -0.25) is 19.5 Å². The molecule has 5 rings (SSSR count). The number of pyridine rings is 1. The van der Waals surface area contributed by atoms with Crippen LogP contribution in [0, 0.1) is 6.92 Å². The van der Waals surface area contributed by atoms with Crippen molar-refractivity contribution in [2.24, 2.45) is 0 Å². The normalized spacial score (nSPS) is 16.4. The Morgan fingerprint density at radius 3 is 2.65 bits per heavy atom. The van der Waals surface area contributed by atoms with Gasteiger partial charge >= 0.3 is 0 Å². The minimum absolute atomic E-state index is 0.0291. The van der Waals surface area contributed by atoms with Crippen LogP contribution in [-0.2, 0) is 4.79 Å². The minimum Gasteiger partial charge on any atom is -0.503 e. The lowest BCUT2D eigenvalue weighted by Crippen LogP contribution is -2.31. The number of aliphatic hydroxyl groups is 1. The number of hydrogen-bond donors (Lipinski definition) is 1. The number of benzene rings is 2. The predicted octanol–water partition coefficient (Wildman–Crippen LogP) is 4.92. The number of ketones is 1. The number of nitrogens with zero attached hydrogens (tertiary/aromatic N) is 2. The van der Waals surface area contributed by atoms with Gasteiger partial charge in [-0.1, -0.05) is 36.4 Å². The Bertz CT molecular complexity index is 1320. The number of fused-ring (bicyclic) bond motifs is 1. The molecule has 0 radical (unpaired) electrons. The molecule has 152 valence electrons. The number of para-hydroxylation sites is 1. The molecule has 1 amide bonds. The highest BCUT2D eigenvalue weighted by molar-refractivity contribution is 6.20. The van der Waals surface area contributed by atoms with Gasteiger partial charge in [0.1, 0.15) is 5.58 Å². The second-order valence-electron chi connectivity index (χ2n) is 7.44. The first-order valence-electron chi connectivity index (χ1n) is 9.81. The lowest BCUT2D eigenvalue weighted by Gasteiger charge is -2.26. The van der Waals surface area contributed by atoms with Crippen LogP contribution in [0.4, 0.5) is 5.69 Å². The summed E-state index contributed by atoms with van der Waals surface area (Å²) in [6, 6.07) is 18.9. The van der Waals surface area contributed by atoms with Gasteiger partial charge in [0, 0.05) is 23.5 Å². The van der Waals surface area contributed by atoms with Crippen molar-refractivity contribution in [2.75, 3.05) is 4.90 Å². The summed E-state index contributed by atoms with van der Waals surface area (Å²) in [5.41, 5.74) is 2.67. The average molecular weight is 410 g/mol. The third-order valence-corrected chi connectivity index (χ3v) is 5.38. The Kier molecular flexibility index (Phi) is 4.40. The largest absolute Gasteiger partial charge is 0.503 e. The van der Waals surface area contributed by atoms with Crippen LogP contribution in [0.1, 0.15) is 27.7 Å². The number of rotatable bonds is 4. The summed E-state index contributed by atoms with van der Waals surface area (Å²) in [6.45, 7) is 1.91. The van der Waals surface area contributed by atoms with Crippen LogP contribution in [0.25, 0.3) is 11.0 Å². The number of hydrogen-bond acceptors (Lipinski definition) is 5. The van der Waals surface area contributed by atoms with Crippen molar-refractivity contribution in [3.8, 4) is 0 Å². The van der Waals surface area contributed by atoms with Crippen molar-refractivity contribution >= 4 is 28.3 Å². The monoisotopic (exact) mass is 410 g/mol. The SMILES string of the molecule is Cc1cccc(N2C(=O)C(O)=C(C(=O)c3cc4ccccc4o3)C2c2cccnc2)c1. The van der Waals surface area contributed by atoms with E-state index in [1.807, 2.05) is 43.3 Å². The topological polar surface area (TPSA) is 83.6 Å². The zero-order valence-corrected chi connectivity index (χ0v) is 16.6. The van der Waals surface area contributed by atoms with Gasteiger partial charge in [0.25, 0.3) is 5.91 Å². The first-order chi connectivity index (χ1) is 15.0. The molecule has 3 heterocycles. The molecule has 0 bridgehead atoms. The molecule has 0 aliphatic carbocycles. The minimum atomic E-state index is -0.830. The summed E-state index contributed by atoms with van der Waals surface area (Å²) in [6.07, 6.45) is 3.20. The number of aromatic nitrogens is 1. The fourth-order valence-corrected chi connectivity index (χ4v) is 3.96. The summed E-state index contributed by atoms with van der Waals surface area (Å²) < 4.78 is 5.73. The number of Topliss-reactive ketones (excluding diaryl/α,β-unsaturated/α-hetero) is 1. The molecule has 1 atom stereocenters. The highest BCUT2D eigenvalue weighted by Crippen LogP contribution is 2.42. The molecule has 31 heavy (non-hydrogen) atoms. The van der Waals surface area contributed by atoms with Gasteiger partial charge in [0.2, 0.25) is 5.78 Å². The molecule has 1 N–H and O–H groups in total. The number of aliphatic hydroxyl groups excluding tert-OH is 1. The van der Waals surface area contributed by atoms with Crippen LogP contribution in [0.3, 0.4) is 0 Å². The summed E-state index contributed by atoms with van der Waals surface area (Å²) in [5.74, 6) is -1.69. The number of anilines is 1. The van der Waals surface area contributed by atoms with E-state index in [2.05, 4.69) is 4.98 Å². The van der Waals surface area contributed by atoms with E-state index in [0.29, 0.717) is 16.8 Å². The van der Waals surface area contributed by atoms with Gasteiger partial charge in [-0.25, -0.2) is 0 Å². The molecule has 2 aromatic carbocycles. The van der Waals surface area contributed by atoms with Crippen LogP contribution in [0.2, 0.25) is 0 Å². The van der Waals surface area contributed by atoms with Crippen molar-refractivity contribution in [3.05, 3.63) is 107 Å².